The lowest BCUT2D eigenvalue weighted by atomic mass is 10.1. The number of hydrogen-bond acceptors (Lipinski definition) is 6. The second kappa shape index (κ2) is 12.8. The van der Waals surface area contributed by atoms with E-state index in [4.69, 9.17) is 14.2 Å². The van der Waals surface area contributed by atoms with Gasteiger partial charge >= 0.3 is 5.97 Å². The van der Waals surface area contributed by atoms with Gasteiger partial charge in [0.15, 0.2) is 11.5 Å². The Kier molecular flexibility index (Phi) is 9.79. The van der Waals surface area contributed by atoms with Gasteiger partial charge in [0.1, 0.15) is 11.6 Å². The number of rotatable bonds is 11. The minimum absolute atomic E-state index is 0.0735. The first kappa shape index (κ1) is 24.5. The normalized spacial score (nSPS) is 10.8. The number of nitrogens with zero attached hydrogens (tertiary/aromatic N) is 1. The molecule has 2 rings (SSSR count). The Morgan fingerprint density at radius 2 is 1.81 bits per heavy atom. The highest BCUT2D eigenvalue weighted by Crippen LogP contribution is 2.29. The number of hydrogen-bond donors (Lipinski definition) is 1. The molecule has 2 aromatic carbocycles. The topological polar surface area (TPSA) is 97.7 Å². The highest BCUT2D eigenvalue weighted by Gasteiger charge is 2.12. The lowest BCUT2D eigenvalue weighted by Crippen LogP contribution is -2.13. The second-order valence-electron chi connectivity index (χ2n) is 6.89. The van der Waals surface area contributed by atoms with Crippen LogP contribution in [0.5, 0.6) is 11.5 Å². The fourth-order valence-electron chi connectivity index (χ4n) is 2.85. The summed E-state index contributed by atoms with van der Waals surface area (Å²) < 4.78 is 16.0. The van der Waals surface area contributed by atoms with E-state index in [0.29, 0.717) is 41.5 Å². The first-order chi connectivity index (χ1) is 15.5. The third-order valence-electron chi connectivity index (χ3n) is 4.52. The second-order valence-corrected chi connectivity index (χ2v) is 6.89. The third kappa shape index (κ3) is 7.17. The standard InChI is InChI=1S/C25H28N2O5/c1-4-6-7-14-32-25(29)19-9-11-21(12-10-19)27-24(28)20(17-26)15-18-8-13-22(31-5-2)23(16-18)30-3/h8-13,15-16H,4-7,14H2,1-3H3,(H,27,28)/b20-15+. The van der Waals surface area contributed by atoms with Gasteiger partial charge in [-0.25, -0.2) is 4.79 Å². The average Bonchev–Trinajstić information content (AvgIpc) is 2.81. The molecule has 168 valence electrons. The van der Waals surface area contributed by atoms with E-state index in [0.717, 1.165) is 19.3 Å². The van der Waals surface area contributed by atoms with E-state index in [1.54, 1.807) is 42.5 Å². The number of nitriles is 1. The number of anilines is 1. The van der Waals surface area contributed by atoms with Crippen molar-refractivity contribution in [2.75, 3.05) is 25.6 Å². The van der Waals surface area contributed by atoms with E-state index in [9.17, 15) is 14.9 Å². The predicted octanol–water partition coefficient (Wildman–Crippen LogP) is 4.99. The van der Waals surface area contributed by atoms with Crippen molar-refractivity contribution in [3.05, 3.63) is 59.2 Å². The molecule has 0 radical (unpaired) electrons. The molecular formula is C25H28N2O5. The number of carbonyl (C=O) groups is 2. The lowest BCUT2D eigenvalue weighted by molar-refractivity contribution is -0.112. The highest BCUT2D eigenvalue weighted by atomic mass is 16.5. The van der Waals surface area contributed by atoms with Gasteiger partial charge in [-0.3, -0.25) is 4.79 Å². The average molecular weight is 437 g/mol. The summed E-state index contributed by atoms with van der Waals surface area (Å²) in [6.45, 7) is 4.83. The van der Waals surface area contributed by atoms with Crippen molar-refractivity contribution in [1.82, 2.24) is 0 Å². The molecule has 0 bridgehead atoms. The van der Waals surface area contributed by atoms with Gasteiger partial charge in [0.2, 0.25) is 0 Å². The molecule has 1 N–H and O–H groups in total. The van der Waals surface area contributed by atoms with E-state index >= 15 is 0 Å². The van der Waals surface area contributed by atoms with Crippen LogP contribution in [0.1, 0.15) is 49.0 Å². The van der Waals surface area contributed by atoms with Crippen LogP contribution in [0.2, 0.25) is 0 Å². The SMILES string of the molecule is CCCCCOC(=O)c1ccc(NC(=O)/C(C#N)=C/c2ccc(OCC)c(OC)c2)cc1. The van der Waals surface area contributed by atoms with E-state index in [1.165, 1.54) is 13.2 Å². The number of amides is 1. The number of benzene rings is 2. The maximum atomic E-state index is 12.5. The number of ether oxygens (including phenoxy) is 3. The number of nitrogens with one attached hydrogen (secondary N) is 1. The number of carbonyl (C=O) groups excluding carboxylic acids is 2. The molecule has 2 aromatic rings. The minimum Gasteiger partial charge on any atom is -0.493 e. The highest BCUT2D eigenvalue weighted by molar-refractivity contribution is 6.09. The fourth-order valence-corrected chi connectivity index (χ4v) is 2.85. The molecule has 0 unspecified atom stereocenters. The molecule has 0 saturated carbocycles. The Balaban J connectivity index is 2.05. The van der Waals surface area contributed by atoms with Crippen molar-refractivity contribution >= 4 is 23.6 Å². The molecule has 0 spiro atoms. The van der Waals surface area contributed by atoms with Gasteiger partial charge in [-0.15, -0.1) is 0 Å². The summed E-state index contributed by atoms with van der Waals surface area (Å²) in [6.07, 6.45) is 4.36. The largest absolute Gasteiger partial charge is 0.493 e. The number of methoxy groups -OCH3 is 1. The molecule has 0 aliphatic carbocycles. The zero-order chi connectivity index (χ0) is 23.3. The molecule has 7 nitrogen and oxygen atoms in total. The van der Waals surface area contributed by atoms with Crippen LogP contribution in [0.3, 0.4) is 0 Å². The summed E-state index contributed by atoms with van der Waals surface area (Å²) in [5, 5.41) is 12.1. The zero-order valence-electron chi connectivity index (χ0n) is 18.6. The van der Waals surface area contributed by atoms with Gasteiger partial charge in [0, 0.05) is 5.69 Å². The first-order valence-electron chi connectivity index (χ1n) is 10.5. The Morgan fingerprint density at radius 1 is 1.06 bits per heavy atom. The number of unbranched alkanes of at least 4 members (excludes halogenated alkanes) is 2. The van der Waals surface area contributed by atoms with E-state index in [2.05, 4.69) is 12.2 Å². The van der Waals surface area contributed by atoms with Crippen LogP contribution in [0.4, 0.5) is 5.69 Å². The predicted molar refractivity (Wildman–Crippen MR) is 123 cm³/mol. The van der Waals surface area contributed by atoms with Crippen LogP contribution in [0.15, 0.2) is 48.0 Å². The van der Waals surface area contributed by atoms with Crippen LogP contribution in [-0.4, -0.2) is 32.2 Å². The van der Waals surface area contributed by atoms with Crippen LogP contribution < -0.4 is 14.8 Å². The van der Waals surface area contributed by atoms with Crippen LogP contribution in [0, 0.1) is 11.3 Å². The molecule has 0 aliphatic heterocycles. The zero-order valence-corrected chi connectivity index (χ0v) is 18.6. The first-order valence-corrected chi connectivity index (χ1v) is 10.5. The van der Waals surface area contributed by atoms with Crippen molar-refractivity contribution in [2.45, 2.75) is 33.1 Å². The van der Waals surface area contributed by atoms with Gasteiger partial charge in [0.25, 0.3) is 5.91 Å². The van der Waals surface area contributed by atoms with Gasteiger partial charge in [-0.1, -0.05) is 25.8 Å². The van der Waals surface area contributed by atoms with Crippen LogP contribution in [0.25, 0.3) is 6.08 Å². The van der Waals surface area contributed by atoms with Crippen molar-refractivity contribution in [3.8, 4) is 17.6 Å². The van der Waals surface area contributed by atoms with Crippen molar-refractivity contribution in [1.29, 1.82) is 5.26 Å². The quantitative estimate of drug-likeness (QED) is 0.231. The molecule has 7 heteroatoms. The molecular weight excluding hydrogens is 408 g/mol. The Morgan fingerprint density at radius 3 is 2.44 bits per heavy atom. The molecule has 32 heavy (non-hydrogen) atoms. The molecule has 0 aromatic heterocycles. The van der Waals surface area contributed by atoms with Gasteiger partial charge in [-0.05, 0) is 61.4 Å². The van der Waals surface area contributed by atoms with Crippen LogP contribution >= 0.6 is 0 Å². The van der Waals surface area contributed by atoms with E-state index in [1.807, 2.05) is 13.0 Å². The van der Waals surface area contributed by atoms with Gasteiger partial charge in [-0.2, -0.15) is 5.26 Å². The summed E-state index contributed by atoms with van der Waals surface area (Å²) in [7, 11) is 1.52. The van der Waals surface area contributed by atoms with Crippen molar-refractivity contribution in [2.24, 2.45) is 0 Å². The fraction of sp³-hybridized carbons (Fsp3) is 0.320. The Hall–Kier alpha value is -3.79. The maximum absolute atomic E-state index is 12.5. The van der Waals surface area contributed by atoms with E-state index in [-0.39, 0.29) is 5.57 Å². The summed E-state index contributed by atoms with van der Waals surface area (Å²) in [4.78, 5) is 24.6. The summed E-state index contributed by atoms with van der Waals surface area (Å²) >= 11 is 0. The molecule has 0 aliphatic rings. The smallest absolute Gasteiger partial charge is 0.338 e. The van der Waals surface area contributed by atoms with Gasteiger partial charge in [0.05, 0.1) is 25.9 Å². The Bertz CT molecular complexity index is 990. The molecule has 0 heterocycles. The van der Waals surface area contributed by atoms with Crippen molar-refractivity contribution < 1.29 is 23.8 Å². The van der Waals surface area contributed by atoms with Crippen molar-refractivity contribution in [3.63, 3.8) is 0 Å². The molecule has 0 atom stereocenters. The monoisotopic (exact) mass is 436 g/mol. The summed E-state index contributed by atoms with van der Waals surface area (Å²) in [5.41, 5.74) is 1.41. The molecule has 0 fully saturated rings. The Labute approximate surface area is 188 Å². The van der Waals surface area contributed by atoms with E-state index < -0.39 is 11.9 Å². The summed E-state index contributed by atoms with van der Waals surface area (Å²) in [6, 6.07) is 13.4. The molecule has 1 amide bonds. The maximum Gasteiger partial charge on any atom is 0.338 e. The lowest BCUT2D eigenvalue weighted by Gasteiger charge is -2.10. The van der Waals surface area contributed by atoms with Gasteiger partial charge < -0.3 is 19.5 Å². The number of esters is 1. The minimum atomic E-state index is -0.560. The van der Waals surface area contributed by atoms with Crippen LogP contribution in [-0.2, 0) is 9.53 Å². The summed E-state index contributed by atoms with van der Waals surface area (Å²) in [5.74, 6) is 0.130. The molecule has 0 saturated heterocycles. The third-order valence-corrected chi connectivity index (χ3v) is 4.52.